The van der Waals surface area contributed by atoms with Gasteiger partial charge in [-0.25, -0.2) is 4.79 Å². The van der Waals surface area contributed by atoms with Gasteiger partial charge in [-0.15, -0.1) is 0 Å². The summed E-state index contributed by atoms with van der Waals surface area (Å²) in [6, 6.07) is 12.2. The van der Waals surface area contributed by atoms with E-state index >= 15 is 0 Å². The van der Waals surface area contributed by atoms with Crippen LogP contribution in [0.25, 0.3) is 0 Å². The van der Waals surface area contributed by atoms with Crippen molar-refractivity contribution < 1.29 is 28.5 Å². The van der Waals surface area contributed by atoms with E-state index in [1.807, 2.05) is 24.3 Å². The molecule has 2 aromatic carbocycles. The predicted octanol–water partition coefficient (Wildman–Crippen LogP) is 2.34. The highest BCUT2D eigenvalue weighted by atomic mass is 16.5. The van der Waals surface area contributed by atoms with Crippen LogP contribution in [0.1, 0.15) is 10.4 Å². The van der Waals surface area contributed by atoms with Crippen molar-refractivity contribution in [1.82, 2.24) is 0 Å². The molecule has 1 N–H and O–H groups in total. The summed E-state index contributed by atoms with van der Waals surface area (Å²) in [7, 11) is 2.98. The van der Waals surface area contributed by atoms with Gasteiger partial charge in [-0.1, -0.05) is 0 Å². The topological polar surface area (TPSA) is 86.3 Å². The minimum Gasteiger partial charge on any atom is -0.497 e. The Hall–Kier alpha value is -3.26. The SMILES string of the molecule is COc1cc(OC)cc(C(=O)OCC(=O)Nc2ccc(N3CCOCC3)cc2)c1. The van der Waals surface area contributed by atoms with Crippen LogP contribution in [0.4, 0.5) is 11.4 Å². The standard InChI is InChI=1S/C21H24N2O6/c1-26-18-11-15(12-19(13-18)27-2)21(25)29-14-20(24)22-16-3-5-17(6-4-16)23-7-9-28-10-8-23/h3-6,11-13H,7-10,14H2,1-2H3,(H,22,24). The maximum Gasteiger partial charge on any atom is 0.338 e. The minimum absolute atomic E-state index is 0.240. The first-order valence-electron chi connectivity index (χ1n) is 9.22. The Bertz CT molecular complexity index is 824. The first-order valence-corrected chi connectivity index (χ1v) is 9.22. The van der Waals surface area contributed by atoms with E-state index in [2.05, 4.69) is 10.2 Å². The third kappa shape index (κ3) is 5.61. The third-order valence-electron chi connectivity index (χ3n) is 4.45. The lowest BCUT2D eigenvalue weighted by atomic mass is 10.2. The molecule has 0 saturated carbocycles. The molecule has 1 heterocycles. The quantitative estimate of drug-likeness (QED) is 0.714. The van der Waals surface area contributed by atoms with Gasteiger partial charge in [0, 0.05) is 30.5 Å². The van der Waals surface area contributed by atoms with E-state index in [0.717, 1.165) is 18.8 Å². The van der Waals surface area contributed by atoms with Crippen LogP contribution in [0.5, 0.6) is 11.5 Å². The van der Waals surface area contributed by atoms with Gasteiger partial charge in [0.1, 0.15) is 11.5 Å². The highest BCUT2D eigenvalue weighted by Crippen LogP contribution is 2.23. The zero-order valence-corrected chi connectivity index (χ0v) is 16.5. The number of anilines is 2. The van der Waals surface area contributed by atoms with Gasteiger partial charge in [0.2, 0.25) is 0 Å². The Morgan fingerprint density at radius 3 is 2.21 bits per heavy atom. The Morgan fingerprint density at radius 2 is 1.62 bits per heavy atom. The summed E-state index contributed by atoms with van der Waals surface area (Å²) in [6.45, 7) is 2.71. The van der Waals surface area contributed by atoms with Crippen LogP contribution in [-0.2, 0) is 14.3 Å². The second kappa shape index (κ2) is 9.79. The lowest BCUT2D eigenvalue weighted by Crippen LogP contribution is -2.36. The number of esters is 1. The van der Waals surface area contributed by atoms with Crippen LogP contribution < -0.4 is 19.7 Å². The molecule has 1 saturated heterocycles. The molecule has 1 fully saturated rings. The molecule has 0 unspecified atom stereocenters. The Labute approximate surface area is 169 Å². The van der Waals surface area contributed by atoms with Crippen molar-refractivity contribution in [2.24, 2.45) is 0 Å². The zero-order chi connectivity index (χ0) is 20.6. The average Bonchev–Trinajstić information content (AvgIpc) is 2.78. The van der Waals surface area contributed by atoms with E-state index in [9.17, 15) is 9.59 Å². The van der Waals surface area contributed by atoms with Crippen LogP contribution in [0.3, 0.4) is 0 Å². The number of methoxy groups -OCH3 is 2. The summed E-state index contributed by atoms with van der Waals surface area (Å²) < 4.78 is 20.7. The molecule has 29 heavy (non-hydrogen) atoms. The fourth-order valence-corrected chi connectivity index (χ4v) is 2.91. The summed E-state index contributed by atoms with van der Waals surface area (Å²) in [5.74, 6) is -0.144. The van der Waals surface area contributed by atoms with E-state index in [1.54, 1.807) is 6.07 Å². The molecule has 8 heteroatoms. The van der Waals surface area contributed by atoms with Gasteiger partial charge in [0.25, 0.3) is 5.91 Å². The molecule has 3 rings (SSSR count). The number of amides is 1. The predicted molar refractivity (Wildman–Crippen MR) is 108 cm³/mol. The van der Waals surface area contributed by atoms with Crippen molar-refractivity contribution in [2.75, 3.05) is 57.3 Å². The first kappa shape index (κ1) is 20.5. The highest BCUT2D eigenvalue weighted by molar-refractivity contribution is 5.96. The number of carbonyl (C=O) groups excluding carboxylic acids is 2. The number of benzene rings is 2. The van der Waals surface area contributed by atoms with Gasteiger partial charge in [0.05, 0.1) is 33.0 Å². The Kier molecular flexibility index (Phi) is 6.91. The van der Waals surface area contributed by atoms with Gasteiger partial charge in [-0.3, -0.25) is 4.79 Å². The van der Waals surface area contributed by atoms with E-state index in [-0.39, 0.29) is 5.56 Å². The molecule has 0 aliphatic carbocycles. The Morgan fingerprint density at radius 1 is 1.00 bits per heavy atom. The van der Waals surface area contributed by atoms with Crippen molar-refractivity contribution in [2.45, 2.75) is 0 Å². The molecule has 0 atom stereocenters. The minimum atomic E-state index is -0.639. The number of carbonyl (C=O) groups is 2. The van der Waals surface area contributed by atoms with Crippen LogP contribution in [0, 0.1) is 0 Å². The van der Waals surface area contributed by atoms with Crippen molar-refractivity contribution in [3.63, 3.8) is 0 Å². The van der Waals surface area contributed by atoms with Crippen molar-refractivity contribution in [3.8, 4) is 11.5 Å². The summed E-state index contributed by atoms with van der Waals surface area (Å²) in [5, 5.41) is 2.72. The van der Waals surface area contributed by atoms with E-state index < -0.39 is 18.5 Å². The van der Waals surface area contributed by atoms with Gasteiger partial charge in [-0.2, -0.15) is 0 Å². The van der Waals surface area contributed by atoms with E-state index in [1.165, 1.54) is 26.4 Å². The fourth-order valence-electron chi connectivity index (χ4n) is 2.91. The molecule has 2 aromatic rings. The van der Waals surface area contributed by atoms with Gasteiger partial charge >= 0.3 is 5.97 Å². The number of hydrogen-bond donors (Lipinski definition) is 1. The molecule has 154 valence electrons. The molecule has 0 aromatic heterocycles. The molecule has 0 radical (unpaired) electrons. The average molecular weight is 400 g/mol. The van der Waals surface area contributed by atoms with Gasteiger partial charge in [0.15, 0.2) is 6.61 Å². The second-order valence-electron chi connectivity index (χ2n) is 6.37. The molecular weight excluding hydrogens is 376 g/mol. The highest BCUT2D eigenvalue weighted by Gasteiger charge is 2.14. The number of hydrogen-bond acceptors (Lipinski definition) is 7. The van der Waals surface area contributed by atoms with Crippen molar-refractivity contribution in [3.05, 3.63) is 48.0 Å². The smallest absolute Gasteiger partial charge is 0.338 e. The largest absolute Gasteiger partial charge is 0.497 e. The molecule has 1 amide bonds. The van der Waals surface area contributed by atoms with Gasteiger partial charge < -0.3 is 29.2 Å². The number of nitrogens with one attached hydrogen (secondary N) is 1. The number of nitrogens with zero attached hydrogens (tertiary/aromatic N) is 1. The molecule has 1 aliphatic rings. The van der Waals surface area contributed by atoms with Crippen LogP contribution in [0.15, 0.2) is 42.5 Å². The third-order valence-corrected chi connectivity index (χ3v) is 4.45. The number of rotatable bonds is 7. The van der Waals surface area contributed by atoms with Crippen LogP contribution in [-0.4, -0.2) is 59.0 Å². The summed E-state index contributed by atoms with van der Waals surface area (Å²) in [5.41, 5.74) is 1.94. The lowest BCUT2D eigenvalue weighted by molar-refractivity contribution is -0.119. The molecule has 1 aliphatic heterocycles. The number of ether oxygens (including phenoxy) is 4. The molecule has 0 spiro atoms. The zero-order valence-electron chi connectivity index (χ0n) is 16.5. The summed E-state index contributed by atoms with van der Waals surface area (Å²) in [4.78, 5) is 26.6. The molecule has 8 nitrogen and oxygen atoms in total. The van der Waals surface area contributed by atoms with E-state index in [4.69, 9.17) is 18.9 Å². The Balaban J connectivity index is 1.52. The second-order valence-corrected chi connectivity index (χ2v) is 6.37. The normalized spacial score (nSPS) is 13.5. The molecular formula is C21H24N2O6. The van der Waals surface area contributed by atoms with Crippen molar-refractivity contribution >= 4 is 23.3 Å². The molecule has 0 bridgehead atoms. The van der Waals surface area contributed by atoms with Crippen LogP contribution in [0.2, 0.25) is 0 Å². The maximum absolute atomic E-state index is 12.2. The fraction of sp³-hybridized carbons (Fsp3) is 0.333. The summed E-state index contributed by atoms with van der Waals surface area (Å²) in [6.07, 6.45) is 0. The number of morpholine rings is 1. The van der Waals surface area contributed by atoms with E-state index in [0.29, 0.717) is 30.4 Å². The maximum atomic E-state index is 12.2. The van der Waals surface area contributed by atoms with Gasteiger partial charge in [-0.05, 0) is 36.4 Å². The monoisotopic (exact) mass is 400 g/mol. The lowest BCUT2D eigenvalue weighted by Gasteiger charge is -2.28. The summed E-state index contributed by atoms with van der Waals surface area (Å²) >= 11 is 0. The van der Waals surface area contributed by atoms with Crippen LogP contribution >= 0.6 is 0 Å². The van der Waals surface area contributed by atoms with Crippen molar-refractivity contribution in [1.29, 1.82) is 0 Å². The first-order chi connectivity index (χ1) is 14.1.